The number of nitrogens with one attached hydrogen (secondary N) is 1. The molecule has 130 valence electrons. The minimum atomic E-state index is -0.0500. The highest BCUT2D eigenvalue weighted by molar-refractivity contribution is 5.75. The quantitative estimate of drug-likeness (QED) is 0.936. The van der Waals surface area contributed by atoms with E-state index in [2.05, 4.69) is 34.5 Å². The first-order valence-corrected chi connectivity index (χ1v) is 8.83. The first kappa shape index (κ1) is 16.0. The average molecular weight is 337 g/mol. The lowest BCUT2D eigenvalue weighted by Crippen LogP contribution is -2.52. The Morgan fingerprint density at radius 3 is 2.52 bits per heavy atom. The van der Waals surface area contributed by atoms with Crippen LogP contribution in [0.2, 0.25) is 0 Å². The molecule has 0 aromatic heterocycles. The fourth-order valence-corrected chi connectivity index (χ4v) is 3.47. The van der Waals surface area contributed by atoms with E-state index in [-0.39, 0.29) is 12.1 Å². The number of piperazine rings is 1. The topological polar surface area (TPSA) is 44.8 Å². The fourth-order valence-electron chi connectivity index (χ4n) is 3.47. The zero-order valence-corrected chi connectivity index (χ0v) is 14.2. The number of benzene rings is 2. The minimum Gasteiger partial charge on any atom is -0.491 e. The van der Waals surface area contributed by atoms with Gasteiger partial charge in [0.15, 0.2) is 0 Å². The molecule has 5 heteroatoms. The summed E-state index contributed by atoms with van der Waals surface area (Å²) in [5, 5.41) is 3.11. The van der Waals surface area contributed by atoms with Crippen LogP contribution in [0.4, 0.5) is 4.79 Å². The molecule has 1 saturated heterocycles. The van der Waals surface area contributed by atoms with Gasteiger partial charge in [-0.1, -0.05) is 48.5 Å². The Balaban J connectivity index is 1.29. The number of ether oxygens (including phenoxy) is 1. The highest BCUT2D eigenvalue weighted by Gasteiger charge is 2.28. The van der Waals surface area contributed by atoms with E-state index in [0.29, 0.717) is 6.61 Å². The Hall–Kier alpha value is -2.53. The van der Waals surface area contributed by atoms with Crippen molar-refractivity contribution >= 4 is 6.03 Å². The molecule has 0 bridgehead atoms. The molecule has 2 heterocycles. The van der Waals surface area contributed by atoms with E-state index in [1.54, 1.807) is 0 Å². The second-order valence-electron chi connectivity index (χ2n) is 6.60. The predicted octanol–water partition coefficient (Wildman–Crippen LogP) is 2.65. The molecule has 1 fully saturated rings. The van der Waals surface area contributed by atoms with E-state index >= 15 is 0 Å². The van der Waals surface area contributed by atoms with E-state index in [0.717, 1.165) is 44.0 Å². The highest BCUT2D eigenvalue weighted by Crippen LogP contribution is 2.31. The summed E-state index contributed by atoms with van der Waals surface area (Å²) in [5.41, 5.74) is 2.39. The van der Waals surface area contributed by atoms with Crippen molar-refractivity contribution in [2.24, 2.45) is 0 Å². The molecule has 5 nitrogen and oxygen atoms in total. The van der Waals surface area contributed by atoms with Crippen molar-refractivity contribution in [1.29, 1.82) is 0 Å². The Morgan fingerprint density at radius 2 is 1.72 bits per heavy atom. The Labute approximate surface area is 148 Å². The van der Waals surface area contributed by atoms with Crippen LogP contribution in [-0.4, -0.2) is 48.6 Å². The van der Waals surface area contributed by atoms with Gasteiger partial charge in [0.05, 0.1) is 6.04 Å². The molecule has 1 atom stereocenters. The molecule has 0 unspecified atom stereocenters. The molecule has 0 radical (unpaired) electrons. The number of amides is 2. The van der Waals surface area contributed by atoms with Gasteiger partial charge in [-0.2, -0.15) is 0 Å². The minimum absolute atomic E-state index is 0.00432. The lowest BCUT2D eigenvalue weighted by Gasteiger charge is -2.35. The maximum atomic E-state index is 12.6. The van der Waals surface area contributed by atoms with Crippen molar-refractivity contribution in [2.45, 2.75) is 12.6 Å². The van der Waals surface area contributed by atoms with Gasteiger partial charge in [0, 0.05) is 38.3 Å². The van der Waals surface area contributed by atoms with E-state index < -0.39 is 0 Å². The predicted molar refractivity (Wildman–Crippen MR) is 96.5 cm³/mol. The van der Waals surface area contributed by atoms with Crippen molar-refractivity contribution in [3.05, 3.63) is 65.7 Å². The Bertz CT molecular complexity index is 727. The molecular weight excluding hydrogens is 314 g/mol. The number of carbonyl (C=O) groups is 1. The molecule has 4 rings (SSSR count). The van der Waals surface area contributed by atoms with Crippen LogP contribution in [0, 0.1) is 0 Å². The first-order valence-electron chi connectivity index (χ1n) is 8.83. The van der Waals surface area contributed by atoms with Crippen LogP contribution < -0.4 is 10.1 Å². The van der Waals surface area contributed by atoms with E-state index in [1.807, 2.05) is 35.2 Å². The van der Waals surface area contributed by atoms with Gasteiger partial charge in [-0.15, -0.1) is 0 Å². The van der Waals surface area contributed by atoms with Crippen LogP contribution in [0.1, 0.15) is 17.2 Å². The molecule has 25 heavy (non-hydrogen) atoms. The number of nitrogens with zero attached hydrogens (tertiary/aromatic N) is 2. The maximum Gasteiger partial charge on any atom is 0.318 e. The van der Waals surface area contributed by atoms with Gasteiger partial charge < -0.3 is 15.0 Å². The zero-order valence-electron chi connectivity index (χ0n) is 14.2. The van der Waals surface area contributed by atoms with E-state index in [4.69, 9.17) is 4.74 Å². The summed E-state index contributed by atoms with van der Waals surface area (Å²) in [6.45, 7) is 4.78. The molecule has 0 aliphatic carbocycles. The molecule has 0 spiro atoms. The number of rotatable bonds is 3. The molecule has 2 aliphatic heterocycles. The second-order valence-corrected chi connectivity index (χ2v) is 6.60. The van der Waals surface area contributed by atoms with Gasteiger partial charge >= 0.3 is 6.03 Å². The van der Waals surface area contributed by atoms with Crippen LogP contribution in [0.15, 0.2) is 54.6 Å². The molecule has 2 aliphatic rings. The molecule has 2 aromatic rings. The number of hydrogen-bond donors (Lipinski definition) is 1. The summed E-state index contributed by atoms with van der Waals surface area (Å²) in [7, 11) is 0. The summed E-state index contributed by atoms with van der Waals surface area (Å²) in [4.78, 5) is 16.9. The SMILES string of the molecule is O=C(N[C@@H]1COc2ccccc21)N1CCN(Cc2ccccc2)CC1. The summed E-state index contributed by atoms with van der Waals surface area (Å²) in [6.07, 6.45) is 0. The van der Waals surface area contributed by atoms with Crippen LogP contribution in [0.25, 0.3) is 0 Å². The van der Waals surface area contributed by atoms with Crippen LogP contribution in [0.5, 0.6) is 5.75 Å². The van der Waals surface area contributed by atoms with Crippen molar-refractivity contribution in [3.63, 3.8) is 0 Å². The summed E-state index contributed by atoms with van der Waals surface area (Å²) < 4.78 is 5.64. The van der Waals surface area contributed by atoms with Crippen molar-refractivity contribution in [1.82, 2.24) is 15.1 Å². The average Bonchev–Trinajstić information content (AvgIpc) is 3.06. The monoisotopic (exact) mass is 337 g/mol. The maximum absolute atomic E-state index is 12.6. The third kappa shape index (κ3) is 3.61. The number of para-hydroxylation sites is 1. The van der Waals surface area contributed by atoms with Gasteiger partial charge in [0.25, 0.3) is 0 Å². The molecule has 0 saturated carbocycles. The van der Waals surface area contributed by atoms with Crippen molar-refractivity contribution in [2.75, 3.05) is 32.8 Å². The van der Waals surface area contributed by atoms with Gasteiger partial charge in [-0.25, -0.2) is 4.79 Å². The number of fused-ring (bicyclic) bond motifs is 1. The highest BCUT2D eigenvalue weighted by atomic mass is 16.5. The Morgan fingerprint density at radius 1 is 1.00 bits per heavy atom. The fraction of sp³-hybridized carbons (Fsp3) is 0.350. The summed E-state index contributed by atoms with van der Waals surface area (Å²) in [6, 6.07) is 18.3. The lowest BCUT2D eigenvalue weighted by molar-refractivity contribution is 0.132. The third-order valence-electron chi connectivity index (χ3n) is 4.91. The van der Waals surface area contributed by atoms with Crippen LogP contribution in [0.3, 0.4) is 0 Å². The molecule has 2 amide bonds. The second kappa shape index (κ2) is 7.15. The van der Waals surface area contributed by atoms with E-state index in [9.17, 15) is 4.79 Å². The Kier molecular flexibility index (Phi) is 4.57. The molecule has 1 N–H and O–H groups in total. The zero-order chi connectivity index (χ0) is 17.1. The summed E-state index contributed by atoms with van der Waals surface area (Å²) >= 11 is 0. The third-order valence-corrected chi connectivity index (χ3v) is 4.91. The standard InChI is InChI=1S/C20H23N3O2/c24-20(21-18-15-25-19-9-5-4-8-17(18)19)23-12-10-22(11-13-23)14-16-6-2-1-3-7-16/h1-9,18H,10-15H2,(H,21,24)/t18-/m1/s1. The normalized spacial score (nSPS) is 20.0. The van der Waals surface area contributed by atoms with Crippen LogP contribution >= 0.6 is 0 Å². The number of urea groups is 1. The van der Waals surface area contributed by atoms with Crippen molar-refractivity contribution in [3.8, 4) is 5.75 Å². The number of carbonyl (C=O) groups excluding carboxylic acids is 1. The smallest absolute Gasteiger partial charge is 0.318 e. The number of hydrogen-bond acceptors (Lipinski definition) is 3. The summed E-state index contributed by atoms with van der Waals surface area (Å²) in [5.74, 6) is 0.875. The lowest BCUT2D eigenvalue weighted by atomic mass is 10.1. The van der Waals surface area contributed by atoms with Gasteiger partial charge in [-0.05, 0) is 11.6 Å². The molecular formula is C20H23N3O2. The van der Waals surface area contributed by atoms with Gasteiger partial charge in [-0.3, -0.25) is 4.90 Å². The van der Waals surface area contributed by atoms with Crippen LogP contribution in [-0.2, 0) is 6.54 Å². The van der Waals surface area contributed by atoms with Crippen molar-refractivity contribution < 1.29 is 9.53 Å². The van der Waals surface area contributed by atoms with E-state index in [1.165, 1.54) is 5.56 Å². The van der Waals surface area contributed by atoms with Gasteiger partial charge in [0.2, 0.25) is 0 Å². The molecule has 2 aromatic carbocycles. The van der Waals surface area contributed by atoms with Gasteiger partial charge in [0.1, 0.15) is 12.4 Å². The first-order chi connectivity index (χ1) is 12.3. The largest absolute Gasteiger partial charge is 0.491 e.